The van der Waals surface area contributed by atoms with E-state index in [-0.39, 0.29) is 18.0 Å². The summed E-state index contributed by atoms with van der Waals surface area (Å²) in [4.78, 5) is 13.8. The highest BCUT2D eigenvalue weighted by Gasteiger charge is 2.21. The predicted octanol–water partition coefficient (Wildman–Crippen LogP) is 1.92. The smallest absolute Gasteiger partial charge is 0.237 e. The second-order valence-electron chi connectivity index (χ2n) is 4.55. The summed E-state index contributed by atoms with van der Waals surface area (Å²) < 4.78 is 0. The molecule has 1 amide bonds. The predicted molar refractivity (Wildman–Crippen MR) is 69.5 cm³/mol. The van der Waals surface area contributed by atoms with E-state index in [9.17, 15) is 4.79 Å². The Kier molecular flexibility index (Phi) is 8.43. The molecule has 0 aliphatic carbocycles. The quantitative estimate of drug-likeness (QED) is 0.658. The lowest BCUT2D eigenvalue weighted by Crippen LogP contribution is -2.46. The minimum absolute atomic E-state index is 0.0494. The molecule has 0 saturated carbocycles. The molecule has 0 heterocycles. The fraction of sp³-hybridized carbons (Fsp3) is 0.846. The highest BCUT2D eigenvalue weighted by Crippen LogP contribution is 2.05. The van der Waals surface area contributed by atoms with Crippen LogP contribution in [0, 0.1) is 11.3 Å². The number of amides is 1. The highest BCUT2D eigenvalue weighted by atomic mass is 16.2. The van der Waals surface area contributed by atoms with Crippen LogP contribution >= 0.6 is 0 Å². The van der Waals surface area contributed by atoms with Crippen LogP contribution in [0.1, 0.15) is 46.5 Å². The molecule has 0 aromatic heterocycles. The maximum atomic E-state index is 11.8. The largest absolute Gasteiger partial charge is 0.355 e. The van der Waals surface area contributed by atoms with Crippen molar-refractivity contribution in [2.75, 3.05) is 13.6 Å². The van der Waals surface area contributed by atoms with E-state index in [0.29, 0.717) is 6.42 Å². The summed E-state index contributed by atoms with van der Waals surface area (Å²) in [5.74, 6) is 0.0494. The van der Waals surface area contributed by atoms with Gasteiger partial charge in [-0.3, -0.25) is 9.69 Å². The lowest BCUT2D eigenvalue weighted by Gasteiger charge is -2.28. The second-order valence-corrected chi connectivity index (χ2v) is 4.55. The number of rotatable bonds is 8. The van der Waals surface area contributed by atoms with Gasteiger partial charge in [-0.15, -0.1) is 0 Å². The molecular weight excluding hydrogens is 214 g/mol. The van der Waals surface area contributed by atoms with Crippen molar-refractivity contribution in [2.45, 2.75) is 58.5 Å². The molecule has 0 spiro atoms. The van der Waals surface area contributed by atoms with Gasteiger partial charge in [0.05, 0.1) is 18.5 Å². The summed E-state index contributed by atoms with van der Waals surface area (Å²) in [6.45, 7) is 6.73. The average Bonchev–Trinajstić information content (AvgIpc) is 2.32. The summed E-state index contributed by atoms with van der Waals surface area (Å²) in [7, 11) is 1.89. The van der Waals surface area contributed by atoms with Crippen LogP contribution < -0.4 is 5.32 Å². The number of carbonyl (C=O) groups is 1. The van der Waals surface area contributed by atoms with Gasteiger partial charge in [-0.2, -0.15) is 5.26 Å². The van der Waals surface area contributed by atoms with Crippen LogP contribution in [0.5, 0.6) is 0 Å². The van der Waals surface area contributed by atoms with Crippen LogP contribution in [0.4, 0.5) is 0 Å². The van der Waals surface area contributed by atoms with E-state index in [2.05, 4.69) is 18.3 Å². The number of likely N-dealkylation sites (N-methyl/N-ethyl adjacent to an activating group) is 1. The summed E-state index contributed by atoms with van der Waals surface area (Å²) >= 11 is 0. The zero-order chi connectivity index (χ0) is 13.3. The SMILES string of the molecule is CCCCCNC(=O)C(C)N(C)C(C)CC#N. The lowest BCUT2D eigenvalue weighted by atomic mass is 10.1. The Labute approximate surface area is 105 Å². The average molecular weight is 239 g/mol. The summed E-state index contributed by atoms with van der Waals surface area (Å²) in [5, 5.41) is 11.6. The first-order chi connectivity index (χ1) is 8.04. The van der Waals surface area contributed by atoms with Crippen LogP contribution in [0.3, 0.4) is 0 Å². The van der Waals surface area contributed by atoms with Gasteiger partial charge < -0.3 is 5.32 Å². The number of carbonyl (C=O) groups excluding carboxylic acids is 1. The van der Waals surface area contributed by atoms with E-state index in [1.54, 1.807) is 0 Å². The van der Waals surface area contributed by atoms with Gasteiger partial charge in [0.25, 0.3) is 0 Å². The van der Waals surface area contributed by atoms with Crippen molar-refractivity contribution in [2.24, 2.45) is 0 Å². The van der Waals surface area contributed by atoms with Crippen molar-refractivity contribution in [3.63, 3.8) is 0 Å². The van der Waals surface area contributed by atoms with Crippen molar-refractivity contribution < 1.29 is 4.79 Å². The molecule has 0 radical (unpaired) electrons. The van der Waals surface area contributed by atoms with Crippen molar-refractivity contribution in [1.29, 1.82) is 5.26 Å². The molecule has 1 N–H and O–H groups in total. The zero-order valence-electron chi connectivity index (χ0n) is 11.5. The Hall–Kier alpha value is -1.08. The molecule has 98 valence electrons. The normalized spacial score (nSPS) is 14.1. The van der Waals surface area contributed by atoms with Crippen LogP contribution in [0.2, 0.25) is 0 Å². The summed E-state index contributed by atoms with van der Waals surface area (Å²) in [6.07, 6.45) is 3.79. The number of hydrogen-bond donors (Lipinski definition) is 1. The zero-order valence-corrected chi connectivity index (χ0v) is 11.5. The van der Waals surface area contributed by atoms with Gasteiger partial charge in [0.2, 0.25) is 5.91 Å². The van der Waals surface area contributed by atoms with Crippen LogP contribution in [0.25, 0.3) is 0 Å². The van der Waals surface area contributed by atoms with Gasteiger partial charge in [0.15, 0.2) is 0 Å². The monoisotopic (exact) mass is 239 g/mol. The molecule has 17 heavy (non-hydrogen) atoms. The van der Waals surface area contributed by atoms with Crippen LogP contribution in [-0.4, -0.2) is 36.5 Å². The van der Waals surface area contributed by atoms with E-state index in [0.717, 1.165) is 25.8 Å². The third kappa shape index (κ3) is 6.28. The second kappa shape index (κ2) is 9.00. The maximum absolute atomic E-state index is 11.8. The van der Waals surface area contributed by atoms with E-state index in [1.807, 2.05) is 25.8 Å². The number of nitriles is 1. The topological polar surface area (TPSA) is 56.1 Å². The summed E-state index contributed by atoms with van der Waals surface area (Å²) in [5.41, 5.74) is 0. The number of nitrogens with one attached hydrogen (secondary N) is 1. The molecule has 2 atom stereocenters. The van der Waals surface area contributed by atoms with Crippen molar-refractivity contribution in [1.82, 2.24) is 10.2 Å². The van der Waals surface area contributed by atoms with Gasteiger partial charge >= 0.3 is 0 Å². The third-order valence-corrected chi connectivity index (χ3v) is 3.15. The first-order valence-corrected chi connectivity index (χ1v) is 6.41. The van der Waals surface area contributed by atoms with Gasteiger partial charge in [-0.05, 0) is 27.3 Å². The van der Waals surface area contributed by atoms with E-state index in [1.165, 1.54) is 0 Å². The Morgan fingerprint density at radius 1 is 1.41 bits per heavy atom. The van der Waals surface area contributed by atoms with E-state index < -0.39 is 0 Å². The van der Waals surface area contributed by atoms with Crippen molar-refractivity contribution >= 4 is 5.91 Å². The highest BCUT2D eigenvalue weighted by molar-refractivity contribution is 5.81. The lowest BCUT2D eigenvalue weighted by molar-refractivity contribution is -0.126. The molecular formula is C13H25N3O. The Morgan fingerprint density at radius 3 is 2.59 bits per heavy atom. The standard InChI is InChI=1S/C13H25N3O/c1-5-6-7-10-15-13(17)12(3)16(4)11(2)8-9-14/h11-12H,5-8,10H2,1-4H3,(H,15,17). The first kappa shape index (κ1) is 15.9. The van der Waals surface area contributed by atoms with Gasteiger partial charge in [0, 0.05) is 12.6 Å². The molecule has 0 saturated heterocycles. The maximum Gasteiger partial charge on any atom is 0.237 e. The van der Waals surface area contributed by atoms with Gasteiger partial charge in [-0.1, -0.05) is 19.8 Å². The van der Waals surface area contributed by atoms with Crippen LogP contribution in [0.15, 0.2) is 0 Å². The molecule has 0 aromatic rings. The Balaban J connectivity index is 3.99. The Morgan fingerprint density at radius 2 is 2.06 bits per heavy atom. The minimum atomic E-state index is -0.181. The van der Waals surface area contributed by atoms with Gasteiger partial charge in [0.1, 0.15) is 0 Å². The Bertz CT molecular complexity index is 260. The first-order valence-electron chi connectivity index (χ1n) is 6.41. The van der Waals surface area contributed by atoms with E-state index >= 15 is 0 Å². The molecule has 0 fully saturated rings. The van der Waals surface area contributed by atoms with Crippen molar-refractivity contribution in [3.8, 4) is 6.07 Å². The van der Waals surface area contributed by atoms with Crippen molar-refractivity contribution in [3.05, 3.63) is 0 Å². The number of nitrogens with zero attached hydrogens (tertiary/aromatic N) is 2. The van der Waals surface area contributed by atoms with Gasteiger partial charge in [-0.25, -0.2) is 0 Å². The molecule has 0 rings (SSSR count). The number of unbranched alkanes of at least 4 members (excludes halogenated alkanes) is 2. The molecule has 4 heteroatoms. The molecule has 2 unspecified atom stereocenters. The molecule has 0 bridgehead atoms. The molecule has 0 aliphatic heterocycles. The fourth-order valence-electron chi connectivity index (χ4n) is 1.58. The fourth-order valence-corrected chi connectivity index (χ4v) is 1.58. The summed E-state index contributed by atoms with van der Waals surface area (Å²) in [6, 6.07) is 2.06. The molecule has 4 nitrogen and oxygen atoms in total. The molecule has 0 aliphatic rings. The number of hydrogen-bond acceptors (Lipinski definition) is 3. The van der Waals surface area contributed by atoms with E-state index in [4.69, 9.17) is 5.26 Å². The third-order valence-electron chi connectivity index (χ3n) is 3.15. The molecule has 0 aromatic carbocycles. The minimum Gasteiger partial charge on any atom is -0.355 e. The van der Waals surface area contributed by atoms with Crippen LogP contribution in [-0.2, 0) is 4.79 Å².